The molecule has 0 aliphatic carbocycles. The van der Waals surface area contributed by atoms with Crippen molar-refractivity contribution in [2.24, 2.45) is 0 Å². The molecule has 0 bridgehead atoms. The SMILES string of the molecule is CCOC(=O)c1cc(OC(F)(F)F)c(CBr)c(=O)[nH]1. The minimum Gasteiger partial charge on any atom is -0.461 e. The highest BCUT2D eigenvalue weighted by atomic mass is 79.9. The molecule has 0 atom stereocenters. The molecule has 0 aromatic carbocycles. The van der Waals surface area contributed by atoms with Crippen molar-refractivity contribution in [3.63, 3.8) is 0 Å². The van der Waals surface area contributed by atoms with Crippen LogP contribution in [0.15, 0.2) is 10.9 Å². The molecule has 1 heterocycles. The summed E-state index contributed by atoms with van der Waals surface area (Å²) in [5.41, 5.74) is -1.54. The van der Waals surface area contributed by atoms with E-state index in [0.717, 1.165) is 6.07 Å². The number of nitrogens with one attached hydrogen (secondary N) is 1. The van der Waals surface area contributed by atoms with Crippen LogP contribution in [-0.2, 0) is 10.1 Å². The van der Waals surface area contributed by atoms with Crippen molar-refractivity contribution < 1.29 is 27.4 Å². The average Bonchev–Trinajstić information content (AvgIpc) is 2.26. The summed E-state index contributed by atoms with van der Waals surface area (Å²) in [5, 5.41) is -0.156. The van der Waals surface area contributed by atoms with Gasteiger partial charge >= 0.3 is 12.3 Å². The molecule has 19 heavy (non-hydrogen) atoms. The van der Waals surface area contributed by atoms with Gasteiger partial charge in [0.15, 0.2) is 0 Å². The minimum atomic E-state index is -4.96. The van der Waals surface area contributed by atoms with Gasteiger partial charge in [-0.25, -0.2) is 4.79 Å². The number of aromatic nitrogens is 1. The third-order valence-electron chi connectivity index (χ3n) is 1.95. The van der Waals surface area contributed by atoms with Gasteiger partial charge in [0.05, 0.1) is 12.2 Å². The number of esters is 1. The Kier molecular flexibility index (Phi) is 4.98. The molecule has 0 fully saturated rings. The molecule has 0 unspecified atom stereocenters. The van der Waals surface area contributed by atoms with Gasteiger partial charge in [-0.15, -0.1) is 13.2 Å². The molecule has 0 radical (unpaired) electrons. The highest BCUT2D eigenvalue weighted by Crippen LogP contribution is 2.26. The summed E-state index contributed by atoms with van der Waals surface area (Å²) in [6.07, 6.45) is -4.96. The van der Waals surface area contributed by atoms with E-state index in [4.69, 9.17) is 0 Å². The van der Waals surface area contributed by atoms with Gasteiger partial charge in [-0.1, -0.05) is 15.9 Å². The monoisotopic (exact) mass is 343 g/mol. The van der Waals surface area contributed by atoms with Crippen LogP contribution in [0, 0.1) is 0 Å². The van der Waals surface area contributed by atoms with Crippen LogP contribution in [0.4, 0.5) is 13.2 Å². The van der Waals surface area contributed by atoms with Crippen LogP contribution >= 0.6 is 15.9 Å². The molecule has 0 amide bonds. The Morgan fingerprint density at radius 2 is 2.11 bits per heavy atom. The lowest BCUT2D eigenvalue weighted by Crippen LogP contribution is -2.24. The second-order valence-corrected chi connectivity index (χ2v) is 3.82. The standard InChI is InChI=1S/C10H9BrF3NO4/c1-2-18-9(17)6-3-7(19-10(12,13)14)5(4-11)8(16)15-6/h3H,2,4H2,1H3,(H,15,16). The fourth-order valence-electron chi connectivity index (χ4n) is 1.23. The number of hydrogen-bond acceptors (Lipinski definition) is 4. The number of halogens is 4. The molecule has 1 rings (SSSR count). The molecular weight excluding hydrogens is 335 g/mol. The fourth-order valence-corrected chi connectivity index (χ4v) is 1.76. The summed E-state index contributed by atoms with van der Waals surface area (Å²) in [5.74, 6) is -1.68. The third-order valence-corrected chi connectivity index (χ3v) is 2.51. The van der Waals surface area contributed by atoms with E-state index in [1.54, 1.807) is 0 Å². The van der Waals surface area contributed by atoms with Crippen LogP contribution in [0.5, 0.6) is 5.75 Å². The summed E-state index contributed by atoms with van der Waals surface area (Å²) < 4.78 is 44.9. The number of rotatable bonds is 4. The highest BCUT2D eigenvalue weighted by molar-refractivity contribution is 9.08. The lowest BCUT2D eigenvalue weighted by atomic mass is 10.2. The highest BCUT2D eigenvalue weighted by Gasteiger charge is 2.33. The topological polar surface area (TPSA) is 68.4 Å². The predicted molar refractivity (Wildman–Crippen MR) is 62.3 cm³/mol. The van der Waals surface area contributed by atoms with Gasteiger partial charge in [-0.3, -0.25) is 4.79 Å². The molecule has 0 aliphatic rings. The largest absolute Gasteiger partial charge is 0.573 e. The third kappa shape index (κ3) is 4.27. The van der Waals surface area contributed by atoms with Gasteiger partial charge < -0.3 is 14.5 Å². The fraction of sp³-hybridized carbons (Fsp3) is 0.400. The van der Waals surface area contributed by atoms with E-state index in [-0.39, 0.29) is 17.5 Å². The Hall–Kier alpha value is -1.51. The number of hydrogen-bond donors (Lipinski definition) is 1. The lowest BCUT2D eigenvalue weighted by molar-refractivity contribution is -0.274. The number of pyridine rings is 1. The van der Waals surface area contributed by atoms with Gasteiger partial charge in [0.25, 0.3) is 5.56 Å². The zero-order valence-corrected chi connectivity index (χ0v) is 11.2. The van der Waals surface area contributed by atoms with Crippen LogP contribution < -0.4 is 10.3 Å². The second kappa shape index (κ2) is 6.09. The first-order chi connectivity index (χ1) is 8.78. The molecule has 9 heteroatoms. The van der Waals surface area contributed by atoms with Crippen LogP contribution in [0.2, 0.25) is 0 Å². The van der Waals surface area contributed by atoms with Crippen molar-refractivity contribution in [2.75, 3.05) is 6.61 Å². The van der Waals surface area contributed by atoms with Crippen molar-refractivity contribution >= 4 is 21.9 Å². The normalized spacial score (nSPS) is 11.2. The maximum atomic E-state index is 12.2. The first kappa shape index (κ1) is 15.5. The van der Waals surface area contributed by atoms with E-state index in [9.17, 15) is 22.8 Å². The Balaban J connectivity index is 3.26. The number of carbonyl (C=O) groups is 1. The van der Waals surface area contributed by atoms with Crippen molar-refractivity contribution in [2.45, 2.75) is 18.6 Å². The van der Waals surface area contributed by atoms with Gasteiger partial charge in [0, 0.05) is 11.4 Å². The van der Waals surface area contributed by atoms with Gasteiger partial charge in [0.2, 0.25) is 0 Å². The lowest BCUT2D eigenvalue weighted by Gasteiger charge is -2.12. The first-order valence-electron chi connectivity index (χ1n) is 5.03. The van der Waals surface area contributed by atoms with Crippen LogP contribution in [0.25, 0.3) is 0 Å². The summed E-state index contributed by atoms with van der Waals surface area (Å²) in [4.78, 5) is 25.0. The number of carbonyl (C=O) groups excluding carboxylic acids is 1. The second-order valence-electron chi connectivity index (χ2n) is 3.26. The van der Waals surface area contributed by atoms with Crippen LogP contribution in [-0.4, -0.2) is 23.9 Å². The zero-order valence-electron chi connectivity index (χ0n) is 9.64. The van der Waals surface area contributed by atoms with E-state index < -0.39 is 29.3 Å². The van der Waals surface area contributed by atoms with Gasteiger partial charge in [-0.2, -0.15) is 0 Å². The average molecular weight is 344 g/mol. The predicted octanol–water partition coefficient (Wildman–Crippen LogP) is 2.35. The molecule has 0 aliphatic heterocycles. The Morgan fingerprint density at radius 3 is 2.58 bits per heavy atom. The van der Waals surface area contributed by atoms with Crippen molar-refractivity contribution in [1.82, 2.24) is 4.98 Å². The maximum Gasteiger partial charge on any atom is 0.573 e. The van der Waals surface area contributed by atoms with Gasteiger partial charge in [0.1, 0.15) is 11.4 Å². The van der Waals surface area contributed by atoms with Crippen LogP contribution in [0.3, 0.4) is 0 Å². The van der Waals surface area contributed by atoms with Crippen LogP contribution in [0.1, 0.15) is 23.0 Å². The molecule has 0 saturated heterocycles. The molecule has 0 spiro atoms. The molecule has 0 saturated carbocycles. The number of aromatic amines is 1. The number of alkyl halides is 4. The Bertz CT molecular complexity index is 526. The van der Waals surface area contributed by atoms with E-state index >= 15 is 0 Å². The van der Waals surface area contributed by atoms with E-state index in [2.05, 4.69) is 30.4 Å². The number of H-pyrrole nitrogens is 1. The zero-order chi connectivity index (χ0) is 14.6. The van der Waals surface area contributed by atoms with E-state index in [0.29, 0.717) is 0 Å². The summed E-state index contributed by atoms with van der Waals surface area (Å²) in [6.45, 7) is 1.55. The van der Waals surface area contributed by atoms with Crippen molar-refractivity contribution in [3.05, 3.63) is 27.7 Å². The summed E-state index contributed by atoms with van der Waals surface area (Å²) >= 11 is 2.88. The maximum absolute atomic E-state index is 12.2. The molecule has 1 aromatic rings. The molecular formula is C10H9BrF3NO4. The van der Waals surface area contributed by atoms with Crippen molar-refractivity contribution in [1.29, 1.82) is 0 Å². The molecule has 1 aromatic heterocycles. The minimum absolute atomic E-state index is 0.0243. The van der Waals surface area contributed by atoms with Crippen molar-refractivity contribution in [3.8, 4) is 5.75 Å². The molecule has 1 N–H and O–H groups in total. The quantitative estimate of drug-likeness (QED) is 0.673. The van der Waals surface area contributed by atoms with Gasteiger partial charge in [-0.05, 0) is 6.92 Å². The summed E-state index contributed by atoms with van der Waals surface area (Å²) in [6, 6.07) is 0.781. The molecule has 106 valence electrons. The molecule has 5 nitrogen and oxygen atoms in total. The summed E-state index contributed by atoms with van der Waals surface area (Å²) in [7, 11) is 0. The van der Waals surface area contributed by atoms with E-state index in [1.807, 2.05) is 0 Å². The van der Waals surface area contributed by atoms with E-state index in [1.165, 1.54) is 6.92 Å². The number of ether oxygens (including phenoxy) is 2. The first-order valence-corrected chi connectivity index (χ1v) is 6.15. The Labute approximate surface area is 113 Å². The smallest absolute Gasteiger partial charge is 0.461 e. The Morgan fingerprint density at radius 1 is 1.47 bits per heavy atom.